The second kappa shape index (κ2) is 37.7. The van der Waals surface area contributed by atoms with Gasteiger partial charge in [-0.2, -0.15) is 0 Å². The number of esters is 2. The van der Waals surface area contributed by atoms with Crippen molar-refractivity contribution in [1.82, 2.24) is 0 Å². The lowest BCUT2D eigenvalue weighted by atomic mass is 10.1. The molecule has 0 aromatic heterocycles. The average Bonchev–Trinajstić information content (AvgIpc) is 3.11. The molecule has 51 heavy (non-hydrogen) atoms. The lowest BCUT2D eigenvalue weighted by molar-refractivity contribution is -0.161. The Morgan fingerprint density at radius 1 is 0.608 bits per heavy atom. The fourth-order valence-corrected chi connectivity index (χ4v) is 6.00. The standard InChI is InChI=1S/C41H74NO8P/c1-3-5-7-9-11-13-15-17-19-21-23-25-27-29-31-33-40(43)47-37-39(38-49-51(45,46)48-36-35-42)50-41(44)34-32-30-28-26-24-22-20-18-16-14-12-10-8-6-4-2/h6,8,12-15,18,20,39H,3-5,7,9-11,16-17,19,21-38,42H2,1-2H3,(H,45,46). The summed E-state index contributed by atoms with van der Waals surface area (Å²) in [4.78, 5) is 34.8. The van der Waals surface area contributed by atoms with Crippen LogP contribution in [0, 0.1) is 0 Å². The highest BCUT2D eigenvalue weighted by molar-refractivity contribution is 7.47. The lowest BCUT2D eigenvalue weighted by Crippen LogP contribution is -2.29. The van der Waals surface area contributed by atoms with Crippen LogP contribution in [0.25, 0.3) is 0 Å². The van der Waals surface area contributed by atoms with E-state index in [0.29, 0.717) is 6.42 Å². The molecule has 9 nitrogen and oxygen atoms in total. The maximum atomic E-state index is 12.5. The molecule has 0 aromatic carbocycles. The van der Waals surface area contributed by atoms with Gasteiger partial charge in [0.15, 0.2) is 6.10 Å². The normalized spacial score (nSPS) is 13.9. The van der Waals surface area contributed by atoms with Gasteiger partial charge in [0.25, 0.3) is 0 Å². The molecule has 2 unspecified atom stereocenters. The van der Waals surface area contributed by atoms with Crippen molar-refractivity contribution >= 4 is 19.8 Å². The summed E-state index contributed by atoms with van der Waals surface area (Å²) in [6, 6.07) is 0. The highest BCUT2D eigenvalue weighted by Crippen LogP contribution is 2.43. The molecule has 0 fully saturated rings. The topological polar surface area (TPSA) is 134 Å². The van der Waals surface area contributed by atoms with Gasteiger partial charge in [0, 0.05) is 19.4 Å². The number of phosphoric ester groups is 1. The van der Waals surface area contributed by atoms with Gasteiger partial charge in [0.1, 0.15) is 6.61 Å². The van der Waals surface area contributed by atoms with E-state index < -0.39 is 32.5 Å². The number of unbranched alkanes of at least 4 members (excludes halogenated alkanes) is 16. The predicted molar refractivity (Wildman–Crippen MR) is 210 cm³/mol. The van der Waals surface area contributed by atoms with Crippen LogP contribution in [0.2, 0.25) is 0 Å². The van der Waals surface area contributed by atoms with Crippen molar-refractivity contribution in [3.05, 3.63) is 48.6 Å². The van der Waals surface area contributed by atoms with Crippen LogP contribution in [0.3, 0.4) is 0 Å². The van der Waals surface area contributed by atoms with Crippen LogP contribution in [-0.4, -0.2) is 49.3 Å². The van der Waals surface area contributed by atoms with Crippen LogP contribution in [-0.2, 0) is 32.7 Å². The van der Waals surface area contributed by atoms with Gasteiger partial charge in [-0.05, 0) is 70.6 Å². The molecule has 10 heteroatoms. The molecule has 0 bridgehead atoms. The SMILES string of the molecule is CCC=CCC=CCC=CCCCCCCCC(=O)OC(COC(=O)CCCCCCCCCC=CCCCCCC)COP(=O)(O)OCCN. The quantitative estimate of drug-likeness (QED) is 0.0276. The third-order valence-electron chi connectivity index (χ3n) is 8.20. The van der Waals surface area contributed by atoms with E-state index in [9.17, 15) is 19.0 Å². The van der Waals surface area contributed by atoms with Crippen molar-refractivity contribution in [2.75, 3.05) is 26.4 Å². The zero-order valence-electron chi connectivity index (χ0n) is 32.3. The van der Waals surface area contributed by atoms with Crippen molar-refractivity contribution in [1.29, 1.82) is 0 Å². The van der Waals surface area contributed by atoms with Gasteiger partial charge in [-0.1, -0.05) is 133 Å². The molecule has 0 amide bonds. The van der Waals surface area contributed by atoms with E-state index in [4.69, 9.17) is 24.3 Å². The molecule has 0 spiro atoms. The summed E-state index contributed by atoms with van der Waals surface area (Å²) in [6.45, 7) is 3.57. The first-order chi connectivity index (χ1) is 24.8. The van der Waals surface area contributed by atoms with E-state index in [1.54, 1.807) is 0 Å². The molecule has 2 atom stereocenters. The van der Waals surface area contributed by atoms with E-state index in [0.717, 1.165) is 83.5 Å². The Bertz CT molecular complexity index is 981. The van der Waals surface area contributed by atoms with Crippen LogP contribution in [0.5, 0.6) is 0 Å². The maximum Gasteiger partial charge on any atom is 0.472 e. The van der Waals surface area contributed by atoms with Crippen molar-refractivity contribution in [3.63, 3.8) is 0 Å². The van der Waals surface area contributed by atoms with E-state index in [-0.39, 0.29) is 32.6 Å². The van der Waals surface area contributed by atoms with Gasteiger partial charge in [-0.15, -0.1) is 0 Å². The second-order valence-corrected chi connectivity index (χ2v) is 14.6. The Balaban J connectivity index is 4.23. The fraction of sp³-hybridized carbons (Fsp3) is 0.756. The summed E-state index contributed by atoms with van der Waals surface area (Å²) in [5.41, 5.74) is 5.33. The number of hydrogen-bond donors (Lipinski definition) is 2. The smallest absolute Gasteiger partial charge is 0.462 e. The van der Waals surface area contributed by atoms with Gasteiger partial charge in [-0.25, -0.2) is 4.57 Å². The number of allylic oxidation sites excluding steroid dienone is 8. The van der Waals surface area contributed by atoms with Gasteiger partial charge in [0.05, 0.1) is 13.2 Å². The molecule has 0 aromatic rings. The van der Waals surface area contributed by atoms with Crippen LogP contribution in [0.1, 0.15) is 168 Å². The predicted octanol–water partition coefficient (Wildman–Crippen LogP) is 11.2. The number of ether oxygens (including phenoxy) is 2. The molecule has 3 N–H and O–H groups in total. The summed E-state index contributed by atoms with van der Waals surface area (Å²) in [5.74, 6) is -0.856. The molecule has 0 aliphatic carbocycles. The van der Waals surface area contributed by atoms with E-state index in [1.165, 1.54) is 51.4 Å². The fourth-order valence-electron chi connectivity index (χ4n) is 5.23. The Hall–Kier alpha value is -2.03. The second-order valence-electron chi connectivity index (χ2n) is 13.1. The lowest BCUT2D eigenvalue weighted by Gasteiger charge is -2.19. The number of carbonyl (C=O) groups excluding carboxylic acids is 2. The molecule has 0 rings (SSSR count). The Kier molecular flexibility index (Phi) is 36.2. The van der Waals surface area contributed by atoms with E-state index >= 15 is 0 Å². The minimum Gasteiger partial charge on any atom is -0.462 e. The minimum atomic E-state index is -4.38. The molecule has 296 valence electrons. The van der Waals surface area contributed by atoms with Gasteiger partial charge in [-0.3, -0.25) is 18.6 Å². The van der Waals surface area contributed by atoms with Crippen LogP contribution in [0.4, 0.5) is 0 Å². The number of carbonyl (C=O) groups is 2. The maximum absolute atomic E-state index is 12.5. The molecule has 0 saturated heterocycles. The molecule has 0 aliphatic rings. The highest BCUT2D eigenvalue weighted by Gasteiger charge is 2.25. The summed E-state index contributed by atoms with van der Waals surface area (Å²) >= 11 is 0. The van der Waals surface area contributed by atoms with E-state index in [2.05, 4.69) is 62.5 Å². The summed E-state index contributed by atoms with van der Waals surface area (Å²) in [5, 5.41) is 0. The summed E-state index contributed by atoms with van der Waals surface area (Å²) in [6.07, 6.45) is 41.4. The number of nitrogens with two attached hydrogens (primary N) is 1. The molecule has 0 radical (unpaired) electrons. The summed E-state index contributed by atoms with van der Waals surface area (Å²) < 4.78 is 32.7. The first-order valence-electron chi connectivity index (χ1n) is 20.1. The zero-order chi connectivity index (χ0) is 37.5. The van der Waals surface area contributed by atoms with Crippen molar-refractivity contribution in [2.45, 2.75) is 174 Å². The van der Waals surface area contributed by atoms with Crippen LogP contribution >= 0.6 is 7.82 Å². The van der Waals surface area contributed by atoms with Gasteiger partial charge in [0.2, 0.25) is 0 Å². The number of phosphoric acid groups is 1. The first kappa shape index (κ1) is 49.0. The largest absolute Gasteiger partial charge is 0.472 e. The van der Waals surface area contributed by atoms with Gasteiger partial charge >= 0.3 is 19.8 Å². The monoisotopic (exact) mass is 740 g/mol. The van der Waals surface area contributed by atoms with Crippen LogP contribution < -0.4 is 5.73 Å². The van der Waals surface area contributed by atoms with Crippen LogP contribution in [0.15, 0.2) is 48.6 Å². The highest BCUT2D eigenvalue weighted by atomic mass is 31.2. The third kappa shape index (κ3) is 37.5. The summed E-state index contributed by atoms with van der Waals surface area (Å²) in [7, 11) is -4.38. The average molecular weight is 740 g/mol. The molecule has 0 aliphatic heterocycles. The Morgan fingerprint density at radius 2 is 1.08 bits per heavy atom. The molecular formula is C41H74NO8P. The Morgan fingerprint density at radius 3 is 1.63 bits per heavy atom. The zero-order valence-corrected chi connectivity index (χ0v) is 33.2. The number of rotatable bonds is 37. The minimum absolute atomic E-state index is 0.0482. The molecule has 0 saturated carbocycles. The van der Waals surface area contributed by atoms with Crippen molar-refractivity contribution < 1.29 is 37.6 Å². The Labute approximate surface area is 311 Å². The molecular weight excluding hydrogens is 665 g/mol. The van der Waals surface area contributed by atoms with Crippen molar-refractivity contribution in [2.24, 2.45) is 5.73 Å². The van der Waals surface area contributed by atoms with Gasteiger partial charge < -0.3 is 20.1 Å². The number of hydrogen-bond acceptors (Lipinski definition) is 8. The first-order valence-corrected chi connectivity index (χ1v) is 21.6. The molecule has 0 heterocycles. The third-order valence-corrected chi connectivity index (χ3v) is 9.18. The van der Waals surface area contributed by atoms with E-state index in [1.807, 2.05) is 0 Å². The van der Waals surface area contributed by atoms with Crippen molar-refractivity contribution in [3.8, 4) is 0 Å².